The highest BCUT2D eigenvalue weighted by Gasteiger charge is 2.57. The molecule has 1 aromatic rings. The van der Waals surface area contributed by atoms with E-state index >= 15 is 0 Å². The molecule has 2 heterocycles. The minimum Gasteiger partial charge on any atom is -0.459 e. The summed E-state index contributed by atoms with van der Waals surface area (Å²) in [6.07, 6.45) is -5.80. The Morgan fingerprint density at radius 2 is 2.04 bits per heavy atom. The fourth-order valence-electron chi connectivity index (χ4n) is 2.71. The predicted molar refractivity (Wildman–Crippen MR) is 76.3 cm³/mol. The van der Waals surface area contributed by atoms with Gasteiger partial charge < -0.3 is 24.1 Å². The maximum atomic E-state index is 14.4. The number of rotatable bonds is 4. The third kappa shape index (κ3) is 3.37. The van der Waals surface area contributed by atoms with Gasteiger partial charge in [0, 0.05) is 0 Å². The normalized spacial score (nSPS) is 33.2. The number of hydrogen-bond donors (Lipinski definition) is 1. The Labute approximate surface area is 133 Å². The summed E-state index contributed by atoms with van der Waals surface area (Å²) in [7, 11) is 0. The van der Waals surface area contributed by atoms with Gasteiger partial charge in [-0.15, -0.1) is 0 Å². The van der Waals surface area contributed by atoms with Crippen molar-refractivity contribution in [2.45, 2.75) is 50.4 Å². The smallest absolute Gasteiger partial charge is 0.338 e. The average Bonchev–Trinajstić information content (AvgIpc) is 2.99. The molecule has 2 aliphatic rings. The summed E-state index contributed by atoms with van der Waals surface area (Å²) in [5, 5.41) is 10.0. The Bertz CT molecular complexity index is 563. The molecule has 0 amide bonds. The van der Waals surface area contributed by atoms with E-state index in [1.54, 1.807) is 44.2 Å². The third-order valence-electron chi connectivity index (χ3n) is 3.78. The largest absolute Gasteiger partial charge is 0.459 e. The van der Waals surface area contributed by atoms with Gasteiger partial charge in [-0.2, -0.15) is 0 Å². The van der Waals surface area contributed by atoms with Crippen molar-refractivity contribution in [2.24, 2.45) is 0 Å². The molecular weight excluding hydrogens is 307 g/mol. The molecular formula is C16H19FO6. The molecule has 126 valence electrons. The van der Waals surface area contributed by atoms with Gasteiger partial charge in [-0.3, -0.25) is 0 Å². The summed E-state index contributed by atoms with van der Waals surface area (Å²) in [5.74, 6) is -1.51. The Balaban J connectivity index is 1.54. The van der Waals surface area contributed by atoms with Crippen LogP contribution >= 0.6 is 0 Å². The maximum Gasteiger partial charge on any atom is 0.338 e. The van der Waals surface area contributed by atoms with Crippen molar-refractivity contribution in [3.8, 4) is 0 Å². The molecule has 6 nitrogen and oxygen atoms in total. The minimum atomic E-state index is -1.56. The average molecular weight is 326 g/mol. The molecule has 0 aromatic heterocycles. The van der Waals surface area contributed by atoms with Crippen LogP contribution in [0.2, 0.25) is 0 Å². The fraction of sp³-hybridized carbons (Fsp3) is 0.562. The molecule has 7 heteroatoms. The lowest BCUT2D eigenvalue weighted by atomic mass is 10.1. The number of halogens is 1. The van der Waals surface area contributed by atoms with Gasteiger partial charge in [0.05, 0.1) is 5.56 Å². The molecule has 0 unspecified atom stereocenters. The lowest BCUT2D eigenvalue weighted by Crippen LogP contribution is -2.41. The number of ether oxygens (including phenoxy) is 4. The number of aliphatic hydroxyl groups excluding tert-OH is 1. The molecule has 0 bridgehead atoms. The number of carbonyl (C=O) groups excluding carboxylic acids is 1. The van der Waals surface area contributed by atoms with Crippen LogP contribution in [0, 0.1) is 0 Å². The molecule has 2 saturated heterocycles. The van der Waals surface area contributed by atoms with Crippen molar-refractivity contribution in [2.75, 3.05) is 6.61 Å². The van der Waals surface area contributed by atoms with Gasteiger partial charge >= 0.3 is 5.97 Å². The standard InChI is InChI=1S/C16H19FO6/c1-16(2)22-13-11(17)12(21-15(13)23-16)10(18)8-20-14(19)9-6-4-3-5-7-9/h3-7,10-13,15,18H,8H2,1-2H3/t10-,11+,12+,13+,15-/m1/s1. The van der Waals surface area contributed by atoms with E-state index in [0.717, 1.165) is 0 Å². The summed E-state index contributed by atoms with van der Waals surface area (Å²) in [5.41, 5.74) is 0.356. The molecule has 0 saturated carbocycles. The zero-order chi connectivity index (χ0) is 16.6. The SMILES string of the molecule is CC1(C)O[C@H]2O[C@@H]([C@H](O)COC(=O)c3ccccc3)[C@H](F)[C@@H]2O1. The Morgan fingerprint density at radius 1 is 1.35 bits per heavy atom. The van der Waals surface area contributed by atoms with Crippen LogP contribution in [-0.2, 0) is 18.9 Å². The van der Waals surface area contributed by atoms with E-state index in [9.17, 15) is 14.3 Å². The van der Waals surface area contributed by atoms with Gasteiger partial charge in [0.2, 0.25) is 0 Å². The number of hydrogen-bond acceptors (Lipinski definition) is 6. The van der Waals surface area contributed by atoms with Crippen molar-refractivity contribution >= 4 is 5.97 Å². The Kier molecular flexibility index (Phi) is 4.37. The number of esters is 1. The molecule has 2 aliphatic heterocycles. The van der Waals surface area contributed by atoms with Crippen molar-refractivity contribution < 1.29 is 33.2 Å². The van der Waals surface area contributed by atoms with Crippen LogP contribution in [0.1, 0.15) is 24.2 Å². The summed E-state index contributed by atoms with van der Waals surface area (Å²) in [4.78, 5) is 11.8. The zero-order valence-electron chi connectivity index (χ0n) is 12.8. The molecule has 1 aromatic carbocycles. The molecule has 1 N–H and O–H groups in total. The van der Waals surface area contributed by atoms with Crippen molar-refractivity contribution in [1.82, 2.24) is 0 Å². The van der Waals surface area contributed by atoms with E-state index in [2.05, 4.69) is 0 Å². The van der Waals surface area contributed by atoms with Crippen molar-refractivity contribution in [3.05, 3.63) is 35.9 Å². The highest BCUT2D eigenvalue weighted by atomic mass is 19.1. The predicted octanol–water partition coefficient (Wildman–Crippen LogP) is 1.42. The summed E-state index contributed by atoms with van der Waals surface area (Å²) < 4.78 is 35.6. The number of aliphatic hydroxyl groups is 1. The lowest BCUT2D eigenvalue weighted by Gasteiger charge is -2.24. The highest BCUT2D eigenvalue weighted by Crippen LogP contribution is 2.39. The second-order valence-corrected chi connectivity index (χ2v) is 6.05. The van der Waals surface area contributed by atoms with Crippen molar-refractivity contribution in [3.63, 3.8) is 0 Å². The fourth-order valence-corrected chi connectivity index (χ4v) is 2.71. The highest BCUT2D eigenvalue weighted by molar-refractivity contribution is 5.89. The van der Waals surface area contributed by atoms with Crippen LogP contribution in [0.4, 0.5) is 4.39 Å². The zero-order valence-corrected chi connectivity index (χ0v) is 12.8. The van der Waals surface area contributed by atoms with E-state index < -0.39 is 42.5 Å². The first-order chi connectivity index (χ1) is 10.9. The second-order valence-electron chi connectivity index (χ2n) is 6.05. The molecule has 3 rings (SSSR count). The van der Waals surface area contributed by atoms with E-state index in [1.807, 2.05) is 0 Å². The Hall–Kier alpha value is -1.54. The van der Waals surface area contributed by atoms with Crippen LogP contribution in [0.25, 0.3) is 0 Å². The third-order valence-corrected chi connectivity index (χ3v) is 3.78. The first-order valence-electron chi connectivity index (χ1n) is 7.43. The van der Waals surface area contributed by atoms with E-state index in [0.29, 0.717) is 5.56 Å². The molecule has 2 fully saturated rings. The summed E-state index contributed by atoms with van der Waals surface area (Å²) >= 11 is 0. The van der Waals surface area contributed by atoms with Gasteiger partial charge in [-0.05, 0) is 26.0 Å². The van der Waals surface area contributed by atoms with E-state index in [4.69, 9.17) is 18.9 Å². The van der Waals surface area contributed by atoms with Crippen LogP contribution in [0.3, 0.4) is 0 Å². The number of carbonyl (C=O) groups is 1. The van der Waals surface area contributed by atoms with Gasteiger partial charge in [0.15, 0.2) is 18.2 Å². The number of alkyl halides is 1. The summed E-state index contributed by atoms with van der Waals surface area (Å²) in [6.45, 7) is 2.95. The first-order valence-corrected chi connectivity index (χ1v) is 7.43. The van der Waals surface area contributed by atoms with Gasteiger partial charge in [-0.1, -0.05) is 18.2 Å². The molecule has 23 heavy (non-hydrogen) atoms. The number of benzene rings is 1. The molecule has 5 atom stereocenters. The van der Waals surface area contributed by atoms with Crippen LogP contribution < -0.4 is 0 Å². The first kappa shape index (κ1) is 16.3. The molecule has 0 spiro atoms. The van der Waals surface area contributed by atoms with Gasteiger partial charge in [-0.25, -0.2) is 9.18 Å². The van der Waals surface area contributed by atoms with Gasteiger partial charge in [0.25, 0.3) is 0 Å². The second kappa shape index (κ2) is 6.16. The number of fused-ring (bicyclic) bond motifs is 1. The van der Waals surface area contributed by atoms with Crippen LogP contribution in [0.5, 0.6) is 0 Å². The van der Waals surface area contributed by atoms with Crippen LogP contribution in [0.15, 0.2) is 30.3 Å². The van der Waals surface area contributed by atoms with E-state index in [1.165, 1.54) is 0 Å². The van der Waals surface area contributed by atoms with Crippen molar-refractivity contribution in [1.29, 1.82) is 0 Å². The molecule has 0 aliphatic carbocycles. The summed E-state index contributed by atoms with van der Waals surface area (Å²) in [6, 6.07) is 8.34. The lowest BCUT2D eigenvalue weighted by molar-refractivity contribution is -0.222. The Morgan fingerprint density at radius 3 is 2.70 bits per heavy atom. The topological polar surface area (TPSA) is 74.2 Å². The minimum absolute atomic E-state index is 0.356. The van der Waals surface area contributed by atoms with Gasteiger partial charge in [0.1, 0.15) is 24.9 Å². The molecule has 0 radical (unpaired) electrons. The quantitative estimate of drug-likeness (QED) is 0.844. The van der Waals surface area contributed by atoms with E-state index in [-0.39, 0.29) is 6.61 Å². The maximum absolute atomic E-state index is 14.4. The van der Waals surface area contributed by atoms with Crippen LogP contribution in [-0.4, -0.2) is 54.2 Å². The monoisotopic (exact) mass is 326 g/mol.